The van der Waals surface area contributed by atoms with Crippen LogP contribution in [0.25, 0.3) is 0 Å². The van der Waals surface area contributed by atoms with Gasteiger partial charge in [-0.2, -0.15) is 4.98 Å². The number of hydrogen-bond acceptors (Lipinski definition) is 12. The number of rotatable bonds is 16. The second-order valence-electron chi connectivity index (χ2n) is 15.9. The van der Waals surface area contributed by atoms with Gasteiger partial charge in [0.05, 0.1) is 6.04 Å². The fourth-order valence-electron chi connectivity index (χ4n) is 8.80. The molecule has 8 rings (SSSR count). The Kier molecular flexibility index (Phi) is 12.0. The molecule has 0 radical (unpaired) electrons. The molecule has 312 valence electrons. The lowest BCUT2D eigenvalue weighted by Gasteiger charge is -2.49. The van der Waals surface area contributed by atoms with Crippen LogP contribution in [0.4, 0.5) is 34.6 Å². The normalized spacial score (nSPS) is 18.0. The first-order chi connectivity index (χ1) is 29.3. The average molecular weight is 812 g/mol. The minimum atomic E-state index is -0.640. The van der Waals surface area contributed by atoms with Crippen molar-refractivity contribution < 1.29 is 19.2 Å². The zero-order valence-corrected chi connectivity index (χ0v) is 34.3. The van der Waals surface area contributed by atoms with Crippen LogP contribution in [0.15, 0.2) is 73.4 Å². The summed E-state index contributed by atoms with van der Waals surface area (Å²) in [5, 5.41) is 12.0. The quantitative estimate of drug-likeness (QED) is 0.0906. The molecular formula is C45H53N11O4. The van der Waals surface area contributed by atoms with Gasteiger partial charge in [-0.3, -0.25) is 19.3 Å². The van der Waals surface area contributed by atoms with Gasteiger partial charge in [0.25, 0.3) is 11.8 Å². The zero-order valence-electron chi connectivity index (χ0n) is 34.3. The van der Waals surface area contributed by atoms with Gasteiger partial charge in [-0.1, -0.05) is 25.1 Å². The molecule has 4 aliphatic rings. The Bertz CT molecular complexity index is 2250. The Hall–Kier alpha value is -6.35. The molecule has 60 heavy (non-hydrogen) atoms. The van der Waals surface area contributed by atoms with Crippen molar-refractivity contribution in [1.82, 2.24) is 35.4 Å². The van der Waals surface area contributed by atoms with Gasteiger partial charge in [-0.25, -0.2) is 9.97 Å². The summed E-state index contributed by atoms with van der Waals surface area (Å²) in [7, 11) is 1.57. The van der Waals surface area contributed by atoms with E-state index in [-0.39, 0.29) is 24.1 Å². The molecule has 2 unspecified atom stereocenters. The Morgan fingerprint density at radius 1 is 0.983 bits per heavy atom. The topological polar surface area (TPSA) is 168 Å². The maximum atomic E-state index is 13.4. The molecule has 2 aromatic heterocycles. The highest BCUT2D eigenvalue weighted by Crippen LogP contribution is 2.36. The number of nitrogens with one attached hydrogen (secondary N) is 4. The molecule has 0 saturated carbocycles. The highest BCUT2D eigenvalue weighted by Gasteiger charge is 2.37. The maximum Gasteiger partial charge on any atom is 0.256 e. The number of aldehydes is 1. The number of amides is 3. The Morgan fingerprint density at radius 2 is 1.78 bits per heavy atom. The standard InChI is InChI=1S/C45H53N11O4/c1-4-19-47-43(59)36-24-48-45(52-42(36)51-39-17-11-30-10-9-29(5-2)41(30)50-39)49-31-12-14-32(15-13-31)55-25-34(26-55)53-20-22-54(23-21-53)38-8-6-7-35-37(38)27-56(44(35)60)33(28-57)16-18-40(58)46-3/h4,6-8,11-15,17,24,28-29,33-34H,1,5,9-10,16,18-23,25-27H2,2-3H3,(H,46,58)(H,47,59)(H2,48,49,50,51,52). The minimum absolute atomic E-state index is 0.149. The summed E-state index contributed by atoms with van der Waals surface area (Å²) < 4.78 is 0. The number of carbonyl (C=O) groups excluding carboxylic acids is 4. The van der Waals surface area contributed by atoms with Crippen LogP contribution >= 0.6 is 0 Å². The highest BCUT2D eigenvalue weighted by molar-refractivity contribution is 6.01. The van der Waals surface area contributed by atoms with E-state index < -0.39 is 6.04 Å². The fraction of sp³-hybridized carbons (Fsp3) is 0.400. The minimum Gasteiger partial charge on any atom is -0.369 e. The number of carbonyl (C=O) groups is 4. The number of aromatic nitrogens is 3. The first-order valence-electron chi connectivity index (χ1n) is 21.0. The number of anilines is 6. The first kappa shape index (κ1) is 40.4. The highest BCUT2D eigenvalue weighted by atomic mass is 16.2. The van der Waals surface area contributed by atoms with Gasteiger partial charge in [0.15, 0.2) is 0 Å². The summed E-state index contributed by atoms with van der Waals surface area (Å²) in [4.78, 5) is 73.2. The van der Waals surface area contributed by atoms with Gasteiger partial charge in [0.1, 0.15) is 23.5 Å². The number of hydrogen-bond donors (Lipinski definition) is 4. The van der Waals surface area contributed by atoms with Crippen molar-refractivity contribution in [3.63, 3.8) is 0 Å². The van der Waals surface area contributed by atoms with Crippen molar-refractivity contribution in [1.29, 1.82) is 0 Å². The summed E-state index contributed by atoms with van der Waals surface area (Å²) in [6.07, 6.45) is 7.60. The molecule has 5 heterocycles. The summed E-state index contributed by atoms with van der Waals surface area (Å²) in [5.41, 5.74) is 7.32. The molecule has 4 aromatic rings. The van der Waals surface area contributed by atoms with E-state index >= 15 is 0 Å². The number of nitrogens with zero attached hydrogens (tertiary/aromatic N) is 7. The fourth-order valence-corrected chi connectivity index (χ4v) is 8.80. The zero-order chi connectivity index (χ0) is 41.8. The van der Waals surface area contributed by atoms with Crippen molar-refractivity contribution in [2.75, 3.05) is 73.3 Å². The van der Waals surface area contributed by atoms with E-state index in [9.17, 15) is 19.2 Å². The largest absolute Gasteiger partial charge is 0.369 e. The van der Waals surface area contributed by atoms with Gasteiger partial charge in [-0.15, -0.1) is 6.58 Å². The molecule has 0 spiro atoms. The molecule has 2 saturated heterocycles. The molecule has 2 fully saturated rings. The number of piperazine rings is 1. The molecule has 3 aliphatic heterocycles. The summed E-state index contributed by atoms with van der Waals surface area (Å²) >= 11 is 0. The summed E-state index contributed by atoms with van der Waals surface area (Å²) in [5.74, 6) is 1.19. The smallest absolute Gasteiger partial charge is 0.256 e. The third kappa shape index (κ3) is 8.39. The van der Waals surface area contributed by atoms with Gasteiger partial charge < -0.3 is 40.8 Å². The Balaban J connectivity index is 0.856. The van der Waals surface area contributed by atoms with Crippen LogP contribution in [0.5, 0.6) is 0 Å². The van der Waals surface area contributed by atoms with E-state index in [2.05, 4.69) is 78.7 Å². The van der Waals surface area contributed by atoms with Crippen LogP contribution in [0.3, 0.4) is 0 Å². The predicted octanol–water partition coefficient (Wildman–Crippen LogP) is 4.77. The van der Waals surface area contributed by atoms with Crippen LogP contribution in [-0.2, 0) is 22.6 Å². The summed E-state index contributed by atoms with van der Waals surface area (Å²) in [6.45, 7) is 12.0. The van der Waals surface area contributed by atoms with E-state index in [0.717, 1.165) is 93.1 Å². The number of aryl methyl sites for hydroxylation is 1. The van der Waals surface area contributed by atoms with Crippen LogP contribution < -0.4 is 31.1 Å². The van der Waals surface area contributed by atoms with Crippen LogP contribution in [-0.4, -0.2) is 114 Å². The van der Waals surface area contributed by atoms with E-state index in [1.165, 1.54) is 11.8 Å². The molecule has 4 N–H and O–H groups in total. The molecule has 1 aliphatic carbocycles. The lowest BCUT2D eigenvalue weighted by Crippen LogP contribution is -2.63. The molecule has 0 bridgehead atoms. The van der Waals surface area contributed by atoms with E-state index in [4.69, 9.17) is 9.97 Å². The third-order valence-electron chi connectivity index (χ3n) is 12.3. The van der Waals surface area contributed by atoms with Gasteiger partial charge in [0.2, 0.25) is 11.9 Å². The second-order valence-corrected chi connectivity index (χ2v) is 15.9. The van der Waals surface area contributed by atoms with E-state index in [0.29, 0.717) is 60.2 Å². The van der Waals surface area contributed by atoms with E-state index in [1.807, 2.05) is 30.3 Å². The van der Waals surface area contributed by atoms with Crippen molar-refractivity contribution in [3.8, 4) is 0 Å². The SMILES string of the molecule is C=CCNC(=O)c1cnc(Nc2ccc(N3CC(N4CCN(c5cccc6c5CN(C(C=O)CCC(=O)NC)C6=O)CC4)C3)cc2)nc1Nc1ccc2c(n1)C(CC)CC2. The van der Waals surface area contributed by atoms with Crippen molar-refractivity contribution in [2.24, 2.45) is 0 Å². The number of fused-ring (bicyclic) bond motifs is 2. The second kappa shape index (κ2) is 17.9. The first-order valence-corrected chi connectivity index (χ1v) is 21.0. The van der Waals surface area contributed by atoms with Crippen LogP contribution in [0, 0.1) is 0 Å². The van der Waals surface area contributed by atoms with Gasteiger partial charge in [0, 0.05) is 118 Å². The molecule has 2 aromatic carbocycles. The van der Waals surface area contributed by atoms with Crippen LogP contribution in [0.2, 0.25) is 0 Å². The predicted molar refractivity (Wildman–Crippen MR) is 232 cm³/mol. The maximum absolute atomic E-state index is 13.4. The molecule has 15 nitrogen and oxygen atoms in total. The molecule has 15 heteroatoms. The van der Waals surface area contributed by atoms with E-state index in [1.54, 1.807) is 18.0 Å². The molecular weight excluding hydrogens is 759 g/mol. The monoisotopic (exact) mass is 811 g/mol. The lowest BCUT2D eigenvalue weighted by molar-refractivity contribution is -0.121. The Labute approximate surface area is 350 Å². The van der Waals surface area contributed by atoms with Crippen LogP contribution in [0.1, 0.15) is 76.1 Å². The average Bonchev–Trinajstić information content (AvgIpc) is 3.83. The van der Waals surface area contributed by atoms with Gasteiger partial charge in [-0.05, 0) is 73.7 Å². The van der Waals surface area contributed by atoms with Crippen molar-refractivity contribution in [2.45, 2.75) is 63.6 Å². The Morgan fingerprint density at radius 3 is 2.52 bits per heavy atom. The molecule has 3 amide bonds. The van der Waals surface area contributed by atoms with Crippen molar-refractivity contribution >= 4 is 58.7 Å². The third-order valence-corrected chi connectivity index (χ3v) is 12.3. The summed E-state index contributed by atoms with van der Waals surface area (Å²) in [6, 6.07) is 17.9. The van der Waals surface area contributed by atoms with Crippen molar-refractivity contribution in [3.05, 3.63) is 101 Å². The van der Waals surface area contributed by atoms with Gasteiger partial charge >= 0.3 is 0 Å². The lowest BCUT2D eigenvalue weighted by atomic mass is 10.0. The molecule has 2 atom stereocenters. The number of pyridine rings is 1. The number of benzene rings is 2.